The molecule has 0 aliphatic rings. The number of nitrogens with one attached hydrogen (secondary N) is 1. The molecule has 0 bridgehead atoms. The second-order valence-electron chi connectivity index (χ2n) is 4.44. The number of hydrogen-bond donors (Lipinski definition) is 1. The van der Waals surface area contributed by atoms with Crippen molar-refractivity contribution < 1.29 is 9.47 Å². The lowest BCUT2D eigenvalue weighted by Gasteiger charge is -2.14. The van der Waals surface area contributed by atoms with Crippen molar-refractivity contribution in [3.8, 4) is 11.5 Å². The number of benzene rings is 1. The fraction of sp³-hybridized carbons (Fsp3) is 0.467. The largest absolute Gasteiger partial charge is 0.497 e. The number of methoxy groups -OCH3 is 1. The van der Waals surface area contributed by atoms with E-state index in [-0.39, 0.29) is 0 Å². The quantitative estimate of drug-likeness (QED) is 0.567. The molecule has 1 N–H and O–H groups in total. The van der Waals surface area contributed by atoms with Crippen molar-refractivity contribution >= 4 is 0 Å². The second kappa shape index (κ2) is 7.77. The molecular weight excluding hydrogens is 226 g/mol. The van der Waals surface area contributed by atoms with Crippen LogP contribution in [0.15, 0.2) is 30.9 Å². The Labute approximate surface area is 110 Å². The molecule has 18 heavy (non-hydrogen) atoms. The zero-order valence-corrected chi connectivity index (χ0v) is 11.5. The lowest BCUT2D eigenvalue weighted by molar-refractivity contribution is 0.319. The van der Waals surface area contributed by atoms with Crippen LogP contribution < -0.4 is 14.8 Å². The highest BCUT2D eigenvalue weighted by atomic mass is 16.5. The van der Waals surface area contributed by atoms with Gasteiger partial charge >= 0.3 is 0 Å². The Morgan fingerprint density at radius 3 is 2.78 bits per heavy atom. The van der Waals surface area contributed by atoms with Gasteiger partial charge in [-0.15, -0.1) is 6.58 Å². The van der Waals surface area contributed by atoms with Crippen molar-refractivity contribution in [3.63, 3.8) is 0 Å². The highest BCUT2D eigenvalue weighted by Crippen LogP contribution is 2.24. The molecule has 0 fully saturated rings. The van der Waals surface area contributed by atoms with Crippen molar-refractivity contribution in [2.75, 3.05) is 13.7 Å². The lowest BCUT2D eigenvalue weighted by atomic mass is 10.1. The molecule has 0 heterocycles. The molecule has 100 valence electrons. The van der Waals surface area contributed by atoms with Gasteiger partial charge in [-0.05, 0) is 24.6 Å². The van der Waals surface area contributed by atoms with Gasteiger partial charge in [0, 0.05) is 18.2 Å². The predicted molar refractivity (Wildman–Crippen MR) is 75.3 cm³/mol. The van der Waals surface area contributed by atoms with Crippen molar-refractivity contribution in [2.45, 2.75) is 32.9 Å². The molecule has 0 spiro atoms. The van der Waals surface area contributed by atoms with Crippen LogP contribution in [-0.2, 0) is 6.54 Å². The summed E-state index contributed by atoms with van der Waals surface area (Å²) >= 11 is 0. The Balaban J connectivity index is 2.75. The van der Waals surface area contributed by atoms with Gasteiger partial charge in [0.25, 0.3) is 0 Å². The molecule has 0 aliphatic heterocycles. The zero-order chi connectivity index (χ0) is 13.4. The Morgan fingerprint density at radius 1 is 1.39 bits per heavy atom. The van der Waals surface area contributed by atoms with Crippen molar-refractivity contribution in [1.82, 2.24) is 5.32 Å². The van der Waals surface area contributed by atoms with Crippen LogP contribution in [0.25, 0.3) is 0 Å². The fourth-order valence-electron chi connectivity index (χ4n) is 1.53. The molecule has 0 atom stereocenters. The highest BCUT2D eigenvalue weighted by Gasteiger charge is 2.06. The summed E-state index contributed by atoms with van der Waals surface area (Å²) in [6, 6.07) is 6.33. The van der Waals surface area contributed by atoms with Gasteiger partial charge in [-0.2, -0.15) is 0 Å². The van der Waals surface area contributed by atoms with Gasteiger partial charge in [-0.25, -0.2) is 0 Å². The standard InChI is InChI=1S/C15H23NO2/c1-5-6-9-18-15-8-7-14(17-4)10-13(15)11-16-12(2)3/h5,7-8,10,12,16H,1,6,9,11H2,2-4H3. The first kappa shape index (κ1) is 14.6. The minimum Gasteiger partial charge on any atom is -0.497 e. The second-order valence-corrected chi connectivity index (χ2v) is 4.44. The topological polar surface area (TPSA) is 30.5 Å². The molecule has 0 aliphatic carbocycles. The van der Waals surface area contributed by atoms with Gasteiger partial charge in [0.15, 0.2) is 0 Å². The van der Waals surface area contributed by atoms with E-state index in [0.717, 1.165) is 30.0 Å². The first-order valence-corrected chi connectivity index (χ1v) is 6.31. The average Bonchev–Trinajstić information content (AvgIpc) is 2.37. The Bertz CT molecular complexity index is 375. The first-order chi connectivity index (χ1) is 8.67. The molecular formula is C15H23NO2. The predicted octanol–water partition coefficient (Wildman–Crippen LogP) is 3.15. The Hall–Kier alpha value is -1.48. The van der Waals surface area contributed by atoms with E-state index in [1.54, 1.807) is 7.11 Å². The van der Waals surface area contributed by atoms with E-state index in [1.165, 1.54) is 0 Å². The number of ether oxygens (including phenoxy) is 2. The minimum absolute atomic E-state index is 0.442. The minimum atomic E-state index is 0.442. The van der Waals surface area contributed by atoms with Crippen LogP contribution in [0.1, 0.15) is 25.8 Å². The van der Waals surface area contributed by atoms with E-state index in [9.17, 15) is 0 Å². The summed E-state index contributed by atoms with van der Waals surface area (Å²) < 4.78 is 11.0. The van der Waals surface area contributed by atoms with E-state index >= 15 is 0 Å². The van der Waals surface area contributed by atoms with Crippen LogP contribution >= 0.6 is 0 Å². The molecule has 1 rings (SSSR count). The van der Waals surface area contributed by atoms with Crippen LogP contribution in [0, 0.1) is 0 Å². The molecule has 0 aromatic heterocycles. The monoisotopic (exact) mass is 249 g/mol. The van der Waals surface area contributed by atoms with Crippen molar-refractivity contribution in [2.24, 2.45) is 0 Å². The lowest BCUT2D eigenvalue weighted by Crippen LogP contribution is -2.22. The summed E-state index contributed by atoms with van der Waals surface area (Å²) in [6.45, 7) is 9.37. The smallest absolute Gasteiger partial charge is 0.124 e. The van der Waals surface area contributed by atoms with E-state index in [1.807, 2.05) is 24.3 Å². The number of rotatable bonds is 8. The van der Waals surface area contributed by atoms with Crippen molar-refractivity contribution in [3.05, 3.63) is 36.4 Å². The summed E-state index contributed by atoms with van der Waals surface area (Å²) in [6.07, 6.45) is 2.71. The third-order valence-electron chi connectivity index (χ3n) is 2.55. The molecule has 0 radical (unpaired) electrons. The van der Waals surface area contributed by atoms with E-state index in [4.69, 9.17) is 9.47 Å². The van der Waals surface area contributed by atoms with Gasteiger partial charge in [-0.3, -0.25) is 0 Å². The molecule has 0 amide bonds. The van der Waals surface area contributed by atoms with Crippen LogP contribution in [0.5, 0.6) is 11.5 Å². The summed E-state index contributed by atoms with van der Waals surface area (Å²) in [4.78, 5) is 0. The first-order valence-electron chi connectivity index (χ1n) is 6.31. The van der Waals surface area contributed by atoms with Crippen molar-refractivity contribution in [1.29, 1.82) is 0 Å². The molecule has 1 aromatic rings. The summed E-state index contributed by atoms with van der Waals surface area (Å²) in [5, 5.41) is 3.39. The van der Waals surface area contributed by atoms with E-state index < -0.39 is 0 Å². The summed E-state index contributed by atoms with van der Waals surface area (Å²) in [7, 11) is 1.67. The third kappa shape index (κ3) is 4.80. The fourth-order valence-corrected chi connectivity index (χ4v) is 1.53. The zero-order valence-electron chi connectivity index (χ0n) is 11.5. The van der Waals surface area contributed by atoms with E-state index in [0.29, 0.717) is 12.6 Å². The maximum absolute atomic E-state index is 5.74. The normalized spacial score (nSPS) is 10.4. The van der Waals surface area contributed by atoms with Gasteiger partial charge < -0.3 is 14.8 Å². The van der Waals surface area contributed by atoms with Gasteiger partial charge in [-0.1, -0.05) is 19.9 Å². The summed E-state index contributed by atoms with van der Waals surface area (Å²) in [5.74, 6) is 1.76. The van der Waals surface area contributed by atoms with Crippen LogP contribution in [0.3, 0.4) is 0 Å². The SMILES string of the molecule is C=CCCOc1ccc(OC)cc1CNC(C)C. The van der Waals surface area contributed by atoms with Crippen LogP contribution in [0.4, 0.5) is 0 Å². The molecule has 0 saturated heterocycles. The van der Waals surface area contributed by atoms with Crippen LogP contribution in [-0.4, -0.2) is 19.8 Å². The molecule has 0 unspecified atom stereocenters. The van der Waals surface area contributed by atoms with E-state index in [2.05, 4.69) is 25.7 Å². The Morgan fingerprint density at radius 2 is 2.17 bits per heavy atom. The molecule has 0 saturated carbocycles. The van der Waals surface area contributed by atoms with Gasteiger partial charge in [0.2, 0.25) is 0 Å². The maximum atomic E-state index is 5.74. The Kier molecular flexibility index (Phi) is 6.29. The molecule has 3 heteroatoms. The molecule has 3 nitrogen and oxygen atoms in total. The van der Waals surface area contributed by atoms with Crippen LogP contribution in [0.2, 0.25) is 0 Å². The molecule has 1 aromatic carbocycles. The van der Waals surface area contributed by atoms with Gasteiger partial charge in [0.05, 0.1) is 13.7 Å². The third-order valence-corrected chi connectivity index (χ3v) is 2.55. The van der Waals surface area contributed by atoms with Gasteiger partial charge in [0.1, 0.15) is 11.5 Å². The summed E-state index contributed by atoms with van der Waals surface area (Å²) in [5.41, 5.74) is 1.12. The number of hydrogen-bond acceptors (Lipinski definition) is 3. The average molecular weight is 249 g/mol. The highest BCUT2D eigenvalue weighted by molar-refractivity contribution is 5.40. The maximum Gasteiger partial charge on any atom is 0.124 e.